The maximum Gasteiger partial charge on any atom is 0.118 e. The van der Waals surface area contributed by atoms with Crippen LogP contribution in [0.1, 0.15) is 6.42 Å². The Kier molecular flexibility index (Phi) is 8.51. The summed E-state index contributed by atoms with van der Waals surface area (Å²) in [5.41, 5.74) is 0. The number of hydrogen-bond donors (Lipinski definition) is 0. The van der Waals surface area contributed by atoms with Crippen molar-refractivity contribution in [1.82, 2.24) is 0 Å². The van der Waals surface area contributed by atoms with E-state index in [1.807, 2.05) is 152 Å². The molecule has 5 aromatic rings. The molecule has 0 spiro atoms. The third-order valence-corrected chi connectivity index (χ3v) is 19.3. The fourth-order valence-electron chi connectivity index (χ4n) is 5.45. The van der Waals surface area contributed by atoms with E-state index in [1.54, 1.807) is 0 Å². The number of rotatable bonds is 8. The van der Waals surface area contributed by atoms with Crippen LogP contribution in [0.5, 0.6) is 0 Å². The van der Waals surface area contributed by atoms with Crippen molar-refractivity contribution in [3.63, 3.8) is 0 Å². The van der Waals surface area contributed by atoms with Gasteiger partial charge in [0.25, 0.3) is 0 Å². The molecule has 0 saturated heterocycles. The Balaban J connectivity index is 1.82. The highest BCUT2D eigenvalue weighted by molar-refractivity contribution is 8.10. The second kappa shape index (κ2) is 12.6. The second-order valence-corrected chi connectivity index (χ2v) is 18.7. The monoisotopic (exact) mass is 600 g/mol. The number of hydrogen-bond acceptors (Lipinski definition) is 2. The predicted octanol–water partition coefficient (Wildman–Crippen LogP) is 7.96. The molecule has 1 aliphatic rings. The zero-order chi connectivity index (χ0) is 28.8. The third kappa shape index (κ3) is 5.28. The van der Waals surface area contributed by atoms with E-state index in [0.717, 1.165) is 10.6 Å². The lowest BCUT2D eigenvalue weighted by molar-refractivity contribution is 0.584. The van der Waals surface area contributed by atoms with E-state index in [2.05, 4.69) is 24.3 Å². The van der Waals surface area contributed by atoms with Crippen LogP contribution in [-0.2, 0) is 9.13 Å². The summed E-state index contributed by atoms with van der Waals surface area (Å²) < 4.78 is 33.0. The lowest BCUT2D eigenvalue weighted by Crippen LogP contribution is -2.29. The molecular weight excluding hydrogens is 569 g/mol. The molecule has 2 nitrogen and oxygen atoms in total. The van der Waals surface area contributed by atoms with Gasteiger partial charge in [-0.05, 0) is 47.0 Å². The number of benzene rings is 5. The first-order valence-corrected chi connectivity index (χ1v) is 18.7. The highest BCUT2D eigenvalue weighted by atomic mass is 31.3. The van der Waals surface area contributed by atoms with Gasteiger partial charge < -0.3 is 9.13 Å². The summed E-state index contributed by atoms with van der Waals surface area (Å²) in [4.78, 5) is 0. The Morgan fingerprint density at radius 2 is 0.833 bits per heavy atom. The SMILES string of the molecule is O=P(c1ccccc1)(c1ccccc1)[C-]([P+](=C1C=CC=CC1)c1ccccc1)P(=O)(c1ccccc1)c1ccccc1. The largest absolute Gasteiger partial charge is 0.343 e. The zero-order valence-corrected chi connectivity index (χ0v) is 25.8. The summed E-state index contributed by atoms with van der Waals surface area (Å²) in [7, 11) is -8.78. The van der Waals surface area contributed by atoms with Gasteiger partial charge in [0, 0.05) is 11.6 Å². The van der Waals surface area contributed by atoms with Crippen molar-refractivity contribution >= 4 is 53.6 Å². The molecule has 0 aliphatic heterocycles. The Bertz CT molecular complexity index is 1650. The van der Waals surface area contributed by atoms with Gasteiger partial charge in [-0.1, -0.05) is 158 Å². The van der Waals surface area contributed by atoms with Crippen molar-refractivity contribution in [3.8, 4) is 0 Å². The van der Waals surface area contributed by atoms with E-state index in [-0.39, 0.29) is 0 Å². The molecule has 0 N–H and O–H groups in total. The van der Waals surface area contributed by atoms with Crippen LogP contribution >= 0.6 is 21.8 Å². The molecule has 0 heterocycles. The molecular formula is C37H31O2P3. The molecule has 0 aromatic heterocycles. The molecule has 0 saturated carbocycles. The molecule has 0 fully saturated rings. The van der Waals surface area contributed by atoms with Crippen LogP contribution in [0.4, 0.5) is 0 Å². The lowest BCUT2D eigenvalue weighted by atomic mass is 10.2. The Morgan fingerprint density at radius 3 is 1.17 bits per heavy atom. The van der Waals surface area contributed by atoms with Crippen molar-refractivity contribution in [1.29, 1.82) is 0 Å². The van der Waals surface area contributed by atoms with E-state index >= 15 is 9.13 Å². The molecule has 5 heteroatoms. The minimum absolute atomic E-state index is 0.626. The van der Waals surface area contributed by atoms with Crippen LogP contribution in [0.2, 0.25) is 0 Å². The van der Waals surface area contributed by atoms with Gasteiger partial charge in [0.1, 0.15) is 5.30 Å². The van der Waals surface area contributed by atoms with Crippen LogP contribution in [0.3, 0.4) is 0 Å². The average Bonchev–Trinajstić information content (AvgIpc) is 3.09. The summed E-state index contributed by atoms with van der Waals surface area (Å²) in [5.74, 6) is 0. The van der Waals surface area contributed by atoms with Gasteiger partial charge in [0.15, 0.2) is 0 Å². The highest BCUT2D eigenvalue weighted by Gasteiger charge is 2.48. The molecule has 0 radical (unpaired) electrons. The minimum Gasteiger partial charge on any atom is -0.343 e. The van der Waals surface area contributed by atoms with Crippen LogP contribution in [0.25, 0.3) is 0 Å². The fourth-order valence-corrected chi connectivity index (χ4v) is 19.2. The van der Waals surface area contributed by atoms with Gasteiger partial charge >= 0.3 is 0 Å². The highest BCUT2D eigenvalue weighted by Crippen LogP contribution is 2.80. The molecule has 5 aromatic carbocycles. The first-order valence-electron chi connectivity index (χ1n) is 14.0. The van der Waals surface area contributed by atoms with Crippen molar-refractivity contribution in [3.05, 3.63) is 181 Å². The van der Waals surface area contributed by atoms with E-state index in [4.69, 9.17) is 0 Å². The summed E-state index contributed by atoms with van der Waals surface area (Å²) in [6.07, 6.45) is 9.06. The Labute approximate surface area is 249 Å². The van der Waals surface area contributed by atoms with Crippen LogP contribution in [0, 0.1) is 5.14 Å². The molecule has 1 atom stereocenters. The zero-order valence-electron chi connectivity index (χ0n) is 23.1. The van der Waals surface area contributed by atoms with Crippen molar-refractivity contribution < 1.29 is 9.13 Å². The lowest BCUT2D eigenvalue weighted by Gasteiger charge is -2.42. The standard InChI is InChI=1S/C37H31O2P3/c38-41(33-23-11-3-12-24-33,34-25-13-4-14-26-34)37(40(31-19-7-1-8-20-31)32-21-9-2-10-22-32)42(39,35-27-15-5-16-28-35)36-29-17-6-18-30-36/h1-21,23-30H,22H2. The van der Waals surface area contributed by atoms with Crippen molar-refractivity contribution in [2.45, 2.75) is 6.42 Å². The topological polar surface area (TPSA) is 34.1 Å². The number of allylic oxidation sites excluding steroid dienone is 4. The van der Waals surface area contributed by atoms with E-state index in [1.165, 1.54) is 0 Å². The smallest absolute Gasteiger partial charge is 0.118 e. The summed E-state index contributed by atoms with van der Waals surface area (Å²) in [6, 6.07) is 49.0. The van der Waals surface area contributed by atoms with Crippen molar-refractivity contribution in [2.75, 3.05) is 0 Å². The molecule has 206 valence electrons. The second-order valence-electron chi connectivity index (χ2n) is 10.0. The van der Waals surface area contributed by atoms with Gasteiger partial charge in [0.05, 0.1) is 19.6 Å². The fraction of sp³-hybridized carbons (Fsp3) is 0.0270. The molecule has 0 bridgehead atoms. The first kappa shape index (κ1) is 28.3. The van der Waals surface area contributed by atoms with Gasteiger partial charge in [-0.3, -0.25) is 0 Å². The van der Waals surface area contributed by atoms with E-state index in [9.17, 15) is 0 Å². The van der Waals surface area contributed by atoms with Crippen LogP contribution in [-0.4, -0.2) is 5.29 Å². The minimum atomic E-state index is -3.67. The normalized spacial score (nSPS) is 14.6. The van der Waals surface area contributed by atoms with Gasteiger partial charge in [-0.15, -0.1) is 0 Å². The van der Waals surface area contributed by atoms with E-state index in [0.29, 0.717) is 32.8 Å². The van der Waals surface area contributed by atoms with Gasteiger partial charge in [0.2, 0.25) is 0 Å². The summed E-state index contributed by atoms with van der Waals surface area (Å²) in [5, 5.41) is 5.57. The predicted molar refractivity (Wildman–Crippen MR) is 184 cm³/mol. The first-order chi connectivity index (χ1) is 20.6. The molecule has 42 heavy (non-hydrogen) atoms. The maximum absolute atomic E-state index is 16.5. The molecule has 1 unspecified atom stereocenters. The van der Waals surface area contributed by atoms with Crippen LogP contribution < -0.4 is 26.5 Å². The van der Waals surface area contributed by atoms with Gasteiger partial charge in [-0.25, -0.2) is 0 Å². The molecule has 6 rings (SSSR count). The molecule has 1 aliphatic carbocycles. The van der Waals surface area contributed by atoms with E-state index < -0.39 is 21.8 Å². The third-order valence-electron chi connectivity index (χ3n) is 7.41. The van der Waals surface area contributed by atoms with Crippen molar-refractivity contribution in [2.24, 2.45) is 0 Å². The Hall–Kier alpha value is -3.79. The van der Waals surface area contributed by atoms with Gasteiger partial charge in [-0.2, -0.15) is 0 Å². The molecule has 0 amide bonds. The summed E-state index contributed by atoms with van der Waals surface area (Å²) >= 11 is 0. The van der Waals surface area contributed by atoms with Crippen LogP contribution in [0.15, 0.2) is 176 Å². The quantitative estimate of drug-likeness (QED) is 0.134. The summed E-state index contributed by atoms with van der Waals surface area (Å²) in [6.45, 7) is 0. The Morgan fingerprint density at radius 1 is 0.476 bits per heavy atom. The average molecular weight is 601 g/mol. The maximum atomic E-state index is 16.5.